The molecule has 1 saturated carbocycles. The van der Waals surface area contributed by atoms with Crippen molar-refractivity contribution in [2.24, 2.45) is 0 Å². The summed E-state index contributed by atoms with van der Waals surface area (Å²) in [5.74, 6) is 1.18. The van der Waals surface area contributed by atoms with Gasteiger partial charge in [0, 0.05) is 12.3 Å². The maximum absolute atomic E-state index is 11.2. The Balaban J connectivity index is 2.13. The second-order valence-corrected chi connectivity index (χ2v) is 4.24. The van der Waals surface area contributed by atoms with Crippen LogP contribution in [-0.2, 0) is 0 Å². The van der Waals surface area contributed by atoms with Crippen LogP contribution in [0, 0.1) is 0 Å². The van der Waals surface area contributed by atoms with E-state index in [1.807, 2.05) is 12.1 Å². The number of Topliss-reactive ketones (excluding diaryl/α,β-unsaturated/α-hetero) is 1. The van der Waals surface area contributed by atoms with Gasteiger partial charge in [-0.25, -0.2) is 0 Å². The zero-order valence-electron chi connectivity index (χ0n) is 8.62. The van der Waals surface area contributed by atoms with E-state index < -0.39 is 0 Å². The molecule has 0 saturated heterocycles. The van der Waals surface area contributed by atoms with E-state index in [1.54, 1.807) is 0 Å². The van der Waals surface area contributed by atoms with Crippen molar-refractivity contribution in [3.8, 4) is 0 Å². The molecule has 0 spiro atoms. The Morgan fingerprint density at radius 1 is 1.33 bits per heavy atom. The van der Waals surface area contributed by atoms with E-state index in [0.717, 1.165) is 16.9 Å². The lowest BCUT2D eigenvalue weighted by Gasteiger charge is -1.95. The van der Waals surface area contributed by atoms with E-state index in [4.69, 9.17) is 4.42 Å². The lowest BCUT2D eigenvalue weighted by Crippen LogP contribution is -1.85. The van der Waals surface area contributed by atoms with Crippen LogP contribution in [0.1, 0.15) is 41.8 Å². The number of benzene rings is 1. The third-order valence-corrected chi connectivity index (χ3v) is 2.94. The Labute approximate surface area is 87.9 Å². The summed E-state index contributed by atoms with van der Waals surface area (Å²) in [6.07, 6.45) is 2.59. The molecule has 0 aliphatic heterocycles. The number of ketones is 1. The minimum Gasteiger partial charge on any atom is -0.453 e. The molecule has 0 N–H and O–H groups in total. The summed E-state index contributed by atoms with van der Waals surface area (Å²) in [6.45, 7) is 1.53. The largest absolute Gasteiger partial charge is 0.453 e. The second-order valence-electron chi connectivity index (χ2n) is 4.24. The lowest BCUT2D eigenvalue weighted by atomic mass is 10.1. The molecule has 3 rings (SSSR count). The molecule has 1 aromatic carbocycles. The number of carbonyl (C=O) groups excluding carboxylic acids is 1. The first-order valence-electron chi connectivity index (χ1n) is 5.28. The maximum atomic E-state index is 11.2. The summed E-state index contributed by atoms with van der Waals surface area (Å²) in [5, 5.41) is 1.05. The monoisotopic (exact) mass is 200 g/mol. The van der Waals surface area contributed by atoms with Crippen LogP contribution < -0.4 is 0 Å². The topological polar surface area (TPSA) is 30.2 Å². The van der Waals surface area contributed by atoms with Crippen LogP contribution in [0.15, 0.2) is 28.7 Å². The van der Waals surface area contributed by atoms with Crippen LogP contribution in [0.3, 0.4) is 0 Å². The maximum Gasteiger partial charge on any atom is 0.194 e. The molecular weight excluding hydrogens is 188 g/mol. The standard InChI is InChI=1S/C13H12O2/c1-8(14)13-7-11-6-10(9-2-3-9)4-5-12(11)15-13/h4-7,9H,2-3H2,1H3. The molecule has 1 aliphatic rings. The van der Waals surface area contributed by atoms with Crippen molar-refractivity contribution in [1.29, 1.82) is 0 Å². The van der Waals surface area contributed by atoms with E-state index in [1.165, 1.54) is 25.3 Å². The average Bonchev–Trinajstić information content (AvgIpc) is 2.96. The SMILES string of the molecule is CC(=O)c1cc2cc(C3CC3)ccc2o1. The van der Waals surface area contributed by atoms with Gasteiger partial charge in [-0.05, 0) is 42.5 Å². The molecule has 1 fully saturated rings. The Bertz CT molecular complexity index is 532. The van der Waals surface area contributed by atoms with Crippen molar-refractivity contribution in [2.45, 2.75) is 25.7 Å². The van der Waals surface area contributed by atoms with Gasteiger partial charge in [-0.2, -0.15) is 0 Å². The van der Waals surface area contributed by atoms with E-state index in [2.05, 4.69) is 12.1 Å². The molecule has 0 bridgehead atoms. The molecule has 2 heteroatoms. The first kappa shape index (κ1) is 8.72. The van der Waals surface area contributed by atoms with Gasteiger partial charge in [-0.3, -0.25) is 4.79 Å². The summed E-state index contributed by atoms with van der Waals surface area (Å²) in [5.41, 5.74) is 2.18. The van der Waals surface area contributed by atoms with E-state index >= 15 is 0 Å². The molecule has 2 aromatic rings. The summed E-state index contributed by atoms with van der Waals surface area (Å²) in [7, 11) is 0. The predicted octanol–water partition coefficient (Wildman–Crippen LogP) is 3.51. The Hall–Kier alpha value is -1.57. The third kappa shape index (κ3) is 1.46. The highest BCUT2D eigenvalue weighted by Gasteiger charge is 2.23. The van der Waals surface area contributed by atoms with Crippen LogP contribution >= 0.6 is 0 Å². The van der Waals surface area contributed by atoms with Crippen LogP contribution in [-0.4, -0.2) is 5.78 Å². The molecule has 0 amide bonds. The Kier molecular flexibility index (Phi) is 1.72. The van der Waals surface area contributed by atoms with E-state index in [0.29, 0.717) is 5.76 Å². The molecule has 0 unspecified atom stereocenters. The van der Waals surface area contributed by atoms with Crippen LogP contribution in [0.2, 0.25) is 0 Å². The number of carbonyl (C=O) groups is 1. The predicted molar refractivity (Wildman–Crippen MR) is 58.2 cm³/mol. The van der Waals surface area contributed by atoms with Gasteiger partial charge >= 0.3 is 0 Å². The van der Waals surface area contributed by atoms with E-state index in [-0.39, 0.29) is 5.78 Å². The van der Waals surface area contributed by atoms with Crippen molar-refractivity contribution in [3.63, 3.8) is 0 Å². The van der Waals surface area contributed by atoms with Crippen molar-refractivity contribution in [2.75, 3.05) is 0 Å². The molecule has 1 aromatic heterocycles. The summed E-state index contributed by atoms with van der Waals surface area (Å²) >= 11 is 0. The molecule has 2 nitrogen and oxygen atoms in total. The number of hydrogen-bond acceptors (Lipinski definition) is 2. The fraction of sp³-hybridized carbons (Fsp3) is 0.308. The van der Waals surface area contributed by atoms with Gasteiger partial charge in [0.2, 0.25) is 0 Å². The van der Waals surface area contributed by atoms with E-state index in [9.17, 15) is 4.79 Å². The smallest absolute Gasteiger partial charge is 0.194 e. The molecule has 76 valence electrons. The van der Waals surface area contributed by atoms with Gasteiger partial charge in [0.1, 0.15) is 5.58 Å². The first-order valence-corrected chi connectivity index (χ1v) is 5.28. The van der Waals surface area contributed by atoms with Crippen LogP contribution in [0.5, 0.6) is 0 Å². The highest BCUT2D eigenvalue weighted by molar-refractivity contribution is 5.96. The number of fused-ring (bicyclic) bond motifs is 1. The van der Waals surface area contributed by atoms with Gasteiger partial charge in [0.15, 0.2) is 11.5 Å². The summed E-state index contributed by atoms with van der Waals surface area (Å²) in [4.78, 5) is 11.2. The van der Waals surface area contributed by atoms with Gasteiger partial charge in [0.25, 0.3) is 0 Å². The Morgan fingerprint density at radius 2 is 2.13 bits per heavy atom. The first-order chi connectivity index (χ1) is 7.24. The van der Waals surface area contributed by atoms with Crippen molar-refractivity contribution in [3.05, 3.63) is 35.6 Å². The number of hydrogen-bond donors (Lipinski definition) is 0. The molecule has 0 radical (unpaired) electrons. The Morgan fingerprint density at radius 3 is 2.80 bits per heavy atom. The van der Waals surface area contributed by atoms with Crippen molar-refractivity contribution in [1.82, 2.24) is 0 Å². The van der Waals surface area contributed by atoms with Crippen LogP contribution in [0.25, 0.3) is 11.0 Å². The minimum absolute atomic E-state index is 0.0147. The second kappa shape index (κ2) is 2.96. The van der Waals surface area contributed by atoms with Gasteiger partial charge in [0.05, 0.1) is 0 Å². The van der Waals surface area contributed by atoms with Gasteiger partial charge < -0.3 is 4.42 Å². The van der Waals surface area contributed by atoms with Gasteiger partial charge in [-0.1, -0.05) is 6.07 Å². The van der Waals surface area contributed by atoms with Crippen molar-refractivity contribution < 1.29 is 9.21 Å². The highest BCUT2D eigenvalue weighted by atomic mass is 16.3. The fourth-order valence-corrected chi connectivity index (χ4v) is 1.91. The summed E-state index contributed by atoms with van der Waals surface area (Å²) in [6, 6.07) is 8.05. The lowest BCUT2D eigenvalue weighted by molar-refractivity contribution is 0.0989. The van der Waals surface area contributed by atoms with Gasteiger partial charge in [-0.15, -0.1) is 0 Å². The zero-order chi connectivity index (χ0) is 10.4. The zero-order valence-corrected chi connectivity index (χ0v) is 8.62. The fourth-order valence-electron chi connectivity index (χ4n) is 1.91. The summed E-state index contributed by atoms with van der Waals surface area (Å²) < 4.78 is 5.44. The molecule has 1 heterocycles. The minimum atomic E-state index is -0.0147. The molecule has 1 aliphatic carbocycles. The van der Waals surface area contributed by atoms with Crippen molar-refractivity contribution >= 4 is 16.8 Å². The normalized spacial score (nSPS) is 15.8. The molecule has 15 heavy (non-hydrogen) atoms. The average molecular weight is 200 g/mol. The molecule has 0 atom stereocenters. The third-order valence-electron chi connectivity index (χ3n) is 2.94. The van der Waals surface area contributed by atoms with Crippen LogP contribution in [0.4, 0.5) is 0 Å². The number of rotatable bonds is 2. The number of furan rings is 1. The quantitative estimate of drug-likeness (QED) is 0.694. The highest BCUT2D eigenvalue weighted by Crippen LogP contribution is 2.41. The molecular formula is C13H12O2.